The number of fused-ring (bicyclic) bond motifs is 1. The molecule has 0 saturated heterocycles. The zero-order chi connectivity index (χ0) is 13.9. The first-order chi connectivity index (χ1) is 9.79. The fraction of sp³-hybridized carbons (Fsp3) is 0.167. The maximum Gasteiger partial charge on any atom is 0.182 e. The maximum absolute atomic E-state index is 12.3. The lowest BCUT2D eigenvalue weighted by Gasteiger charge is -2.08. The Bertz CT molecular complexity index is 740. The SMILES string of the molecule is CCc1cccc2ccn(CC(=O)c3ccccc3)c12. The third kappa shape index (κ3) is 2.25. The second-order valence-corrected chi connectivity index (χ2v) is 4.94. The average molecular weight is 263 g/mol. The van der Waals surface area contributed by atoms with E-state index in [1.807, 2.05) is 36.5 Å². The molecule has 2 nitrogen and oxygen atoms in total. The number of Topliss-reactive ketones (excluding diaryl/α,β-unsaturated/α-hetero) is 1. The molecule has 0 amide bonds. The van der Waals surface area contributed by atoms with Gasteiger partial charge in [0.25, 0.3) is 0 Å². The lowest BCUT2D eigenvalue weighted by atomic mass is 10.1. The maximum atomic E-state index is 12.3. The van der Waals surface area contributed by atoms with Crippen LogP contribution in [0.1, 0.15) is 22.8 Å². The molecule has 0 unspecified atom stereocenters. The predicted octanol–water partition coefficient (Wildman–Crippen LogP) is 4.09. The van der Waals surface area contributed by atoms with Gasteiger partial charge in [0.15, 0.2) is 5.78 Å². The molecule has 2 aromatic carbocycles. The smallest absolute Gasteiger partial charge is 0.182 e. The molecular weight excluding hydrogens is 246 g/mol. The molecule has 0 aliphatic rings. The molecule has 0 bridgehead atoms. The first-order valence-corrected chi connectivity index (χ1v) is 6.94. The van der Waals surface area contributed by atoms with Gasteiger partial charge >= 0.3 is 0 Å². The van der Waals surface area contributed by atoms with E-state index < -0.39 is 0 Å². The van der Waals surface area contributed by atoms with Crippen LogP contribution in [0.25, 0.3) is 10.9 Å². The summed E-state index contributed by atoms with van der Waals surface area (Å²) in [6.07, 6.45) is 2.98. The van der Waals surface area contributed by atoms with Crippen molar-refractivity contribution in [2.45, 2.75) is 19.9 Å². The van der Waals surface area contributed by atoms with Crippen molar-refractivity contribution in [2.24, 2.45) is 0 Å². The molecule has 3 rings (SSSR count). The summed E-state index contributed by atoms with van der Waals surface area (Å²) in [7, 11) is 0. The van der Waals surface area contributed by atoms with Crippen LogP contribution in [0.5, 0.6) is 0 Å². The predicted molar refractivity (Wildman–Crippen MR) is 82.1 cm³/mol. The van der Waals surface area contributed by atoms with E-state index in [9.17, 15) is 4.79 Å². The fourth-order valence-corrected chi connectivity index (χ4v) is 2.63. The summed E-state index contributed by atoms with van der Waals surface area (Å²) in [4.78, 5) is 12.3. The Morgan fingerprint density at radius 3 is 2.55 bits per heavy atom. The van der Waals surface area contributed by atoms with Gasteiger partial charge in [-0.25, -0.2) is 0 Å². The van der Waals surface area contributed by atoms with Crippen molar-refractivity contribution >= 4 is 16.7 Å². The Labute approximate surface area is 118 Å². The summed E-state index contributed by atoms with van der Waals surface area (Å²) in [5, 5.41) is 1.20. The summed E-state index contributed by atoms with van der Waals surface area (Å²) in [6.45, 7) is 2.54. The average Bonchev–Trinajstić information content (AvgIpc) is 2.91. The third-order valence-electron chi connectivity index (χ3n) is 3.66. The summed E-state index contributed by atoms with van der Waals surface area (Å²) in [5.41, 5.74) is 3.23. The molecular formula is C18H17NO. The molecule has 20 heavy (non-hydrogen) atoms. The van der Waals surface area contributed by atoms with Crippen LogP contribution in [0, 0.1) is 0 Å². The zero-order valence-electron chi connectivity index (χ0n) is 11.5. The zero-order valence-corrected chi connectivity index (χ0v) is 11.5. The van der Waals surface area contributed by atoms with Gasteiger partial charge in [0.1, 0.15) is 0 Å². The quantitative estimate of drug-likeness (QED) is 0.650. The van der Waals surface area contributed by atoms with Crippen molar-refractivity contribution < 1.29 is 4.79 Å². The minimum absolute atomic E-state index is 0.147. The number of aryl methyl sites for hydroxylation is 1. The molecule has 2 heteroatoms. The first kappa shape index (κ1) is 12.7. The number of rotatable bonds is 4. The summed E-state index contributed by atoms with van der Waals surface area (Å²) >= 11 is 0. The van der Waals surface area contributed by atoms with Crippen molar-refractivity contribution in [1.82, 2.24) is 4.57 Å². The Kier molecular flexibility index (Phi) is 3.38. The van der Waals surface area contributed by atoms with E-state index in [-0.39, 0.29) is 5.78 Å². The molecule has 0 aliphatic heterocycles. The molecule has 0 radical (unpaired) electrons. The van der Waals surface area contributed by atoms with Crippen LogP contribution in [-0.4, -0.2) is 10.4 Å². The monoisotopic (exact) mass is 263 g/mol. The highest BCUT2D eigenvalue weighted by Gasteiger charge is 2.10. The number of carbonyl (C=O) groups excluding carboxylic acids is 1. The molecule has 1 heterocycles. The molecule has 0 N–H and O–H groups in total. The van der Waals surface area contributed by atoms with Gasteiger partial charge in [-0.15, -0.1) is 0 Å². The van der Waals surface area contributed by atoms with E-state index in [2.05, 4.69) is 35.8 Å². The Morgan fingerprint density at radius 1 is 1.00 bits per heavy atom. The Hall–Kier alpha value is -2.35. The summed E-state index contributed by atoms with van der Waals surface area (Å²) in [5.74, 6) is 0.147. The number of hydrogen-bond acceptors (Lipinski definition) is 1. The van der Waals surface area contributed by atoms with Crippen molar-refractivity contribution in [3.05, 3.63) is 71.9 Å². The number of para-hydroxylation sites is 1. The molecule has 1 aromatic heterocycles. The molecule has 0 fully saturated rings. The number of ketones is 1. The highest BCUT2D eigenvalue weighted by molar-refractivity contribution is 5.97. The van der Waals surface area contributed by atoms with E-state index in [0.29, 0.717) is 6.54 Å². The van der Waals surface area contributed by atoms with Gasteiger partial charge in [0.2, 0.25) is 0 Å². The van der Waals surface area contributed by atoms with Crippen LogP contribution in [0.15, 0.2) is 60.8 Å². The number of aromatic nitrogens is 1. The summed E-state index contributed by atoms with van der Waals surface area (Å²) in [6, 6.07) is 17.8. The minimum Gasteiger partial charge on any atom is -0.339 e. The lowest BCUT2D eigenvalue weighted by molar-refractivity contribution is 0.0973. The standard InChI is InChI=1S/C18H17NO/c1-2-14-9-6-10-16-11-12-19(18(14)16)13-17(20)15-7-4-3-5-8-15/h3-12H,2,13H2,1H3. The summed E-state index contributed by atoms with van der Waals surface area (Å²) < 4.78 is 2.06. The second kappa shape index (κ2) is 5.33. The van der Waals surface area contributed by atoms with Crippen LogP contribution < -0.4 is 0 Å². The van der Waals surface area contributed by atoms with Gasteiger partial charge in [-0.1, -0.05) is 55.5 Å². The van der Waals surface area contributed by atoms with Crippen molar-refractivity contribution in [1.29, 1.82) is 0 Å². The van der Waals surface area contributed by atoms with Gasteiger partial charge in [-0.2, -0.15) is 0 Å². The normalized spacial score (nSPS) is 10.8. The van der Waals surface area contributed by atoms with Crippen molar-refractivity contribution in [3.8, 4) is 0 Å². The lowest BCUT2D eigenvalue weighted by Crippen LogP contribution is -2.10. The molecule has 0 spiro atoms. The fourth-order valence-electron chi connectivity index (χ4n) is 2.63. The molecule has 3 aromatic rings. The van der Waals surface area contributed by atoms with Crippen LogP contribution in [0.4, 0.5) is 0 Å². The minimum atomic E-state index is 0.147. The van der Waals surface area contributed by atoms with Gasteiger partial charge in [0, 0.05) is 11.8 Å². The van der Waals surface area contributed by atoms with Crippen molar-refractivity contribution in [3.63, 3.8) is 0 Å². The number of nitrogens with zero attached hydrogens (tertiary/aromatic N) is 1. The van der Waals surface area contributed by atoms with Crippen LogP contribution >= 0.6 is 0 Å². The third-order valence-corrected chi connectivity index (χ3v) is 3.66. The van der Waals surface area contributed by atoms with E-state index in [4.69, 9.17) is 0 Å². The molecule has 100 valence electrons. The van der Waals surface area contributed by atoms with E-state index in [1.54, 1.807) is 0 Å². The second-order valence-electron chi connectivity index (χ2n) is 4.94. The Balaban J connectivity index is 1.97. The van der Waals surface area contributed by atoms with Gasteiger partial charge < -0.3 is 4.57 Å². The molecule has 0 atom stereocenters. The topological polar surface area (TPSA) is 22.0 Å². The highest BCUT2D eigenvalue weighted by atomic mass is 16.1. The molecule has 0 aliphatic carbocycles. The number of benzene rings is 2. The van der Waals surface area contributed by atoms with Crippen molar-refractivity contribution in [2.75, 3.05) is 0 Å². The van der Waals surface area contributed by atoms with E-state index in [0.717, 1.165) is 12.0 Å². The Morgan fingerprint density at radius 2 is 1.80 bits per heavy atom. The van der Waals surface area contributed by atoms with Crippen LogP contribution in [-0.2, 0) is 13.0 Å². The van der Waals surface area contributed by atoms with Gasteiger partial charge in [0.05, 0.1) is 12.1 Å². The van der Waals surface area contributed by atoms with E-state index in [1.165, 1.54) is 16.5 Å². The largest absolute Gasteiger partial charge is 0.339 e. The number of carbonyl (C=O) groups is 1. The van der Waals surface area contributed by atoms with Crippen LogP contribution in [0.2, 0.25) is 0 Å². The van der Waals surface area contributed by atoms with Crippen LogP contribution in [0.3, 0.4) is 0 Å². The van der Waals surface area contributed by atoms with E-state index >= 15 is 0 Å². The van der Waals surface area contributed by atoms with Gasteiger partial charge in [-0.05, 0) is 23.4 Å². The highest BCUT2D eigenvalue weighted by Crippen LogP contribution is 2.21. The first-order valence-electron chi connectivity index (χ1n) is 6.94. The molecule has 0 saturated carbocycles. The van der Waals surface area contributed by atoms with Gasteiger partial charge in [-0.3, -0.25) is 4.79 Å². The number of hydrogen-bond donors (Lipinski definition) is 0.